The van der Waals surface area contributed by atoms with E-state index in [1.165, 1.54) is 12.1 Å². The van der Waals surface area contributed by atoms with Gasteiger partial charge in [0.1, 0.15) is 5.82 Å². The Bertz CT molecular complexity index is 643. The Labute approximate surface area is 123 Å². The lowest BCUT2D eigenvalue weighted by Gasteiger charge is -2.13. The van der Waals surface area contributed by atoms with Crippen LogP contribution in [0.4, 0.5) is 15.8 Å². The van der Waals surface area contributed by atoms with Gasteiger partial charge in [0.05, 0.1) is 5.56 Å². The van der Waals surface area contributed by atoms with Crippen LogP contribution in [0.15, 0.2) is 42.5 Å². The van der Waals surface area contributed by atoms with Crippen molar-refractivity contribution in [3.63, 3.8) is 0 Å². The molecule has 21 heavy (non-hydrogen) atoms. The summed E-state index contributed by atoms with van der Waals surface area (Å²) in [6.45, 7) is 2.81. The fourth-order valence-electron chi connectivity index (χ4n) is 2.01. The van der Waals surface area contributed by atoms with Crippen LogP contribution in [0.1, 0.15) is 22.8 Å². The van der Waals surface area contributed by atoms with Crippen molar-refractivity contribution in [2.24, 2.45) is 0 Å². The lowest BCUT2D eigenvalue weighted by atomic mass is 10.1. The molecule has 0 fully saturated rings. The summed E-state index contributed by atoms with van der Waals surface area (Å²) in [4.78, 5) is 12.0. The first-order valence-electron chi connectivity index (χ1n) is 6.76. The summed E-state index contributed by atoms with van der Waals surface area (Å²) in [6.07, 6.45) is 0. The maximum Gasteiger partial charge on any atom is 0.253 e. The molecule has 0 saturated carbocycles. The highest BCUT2D eigenvalue weighted by Gasteiger charge is 2.10. The van der Waals surface area contributed by atoms with Gasteiger partial charge in [-0.3, -0.25) is 4.79 Å². The Hall–Kier alpha value is -2.56. The number of nitrogen functional groups attached to an aromatic ring is 1. The number of rotatable bonds is 5. The smallest absolute Gasteiger partial charge is 0.253 e. The zero-order chi connectivity index (χ0) is 15.2. The number of nitrogens with one attached hydrogen (secondary N) is 2. The monoisotopic (exact) mass is 287 g/mol. The van der Waals surface area contributed by atoms with Crippen molar-refractivity contribution in [3.8, 4) is 0 Å². The van der Waals surface area contributed by atoms with Gasteiger partial charge < -0.3 is 16.4 Å². The first-order valence-corrected chi connectivity index (χ1v) is 6.76. The molecule has 0 spiro atoms. The van der Waals surface area contributed by atoms with E-state index in [0.29, 0.717) is 30.0 Å². The zero-order valence-electron chi connectivity index (χ0n) is 11.8. The Morgan fingerprint density at radius 1 is 1.24 bits per heavy atom. The SMILES string of the molecule is CCNC(=O)c1ccc(N)cc1NCc1cccc(F)c1. The summed E-state index contributed by atoms with van der Waals surface area (Å²) in [5.41, 5.74) is 8.26. The minimum absolute atomic E-state index is 0.167. The van der Waals surface area contributed by atoms with Gasteiger partial charge in [-0.05, 0) is 42.8 Å². The van der Waals surface area contributed by atoms with Gasteiger partial charge in [-0.15, -0.1) is 0 Å². The van der Waals surface area contributed by atoms with E-state index in [1.807, 2.05) is 13.0 Å². The van der Waals surface area contributed by atoms with Crippen LogP contribution in [0, 0.1) is 5.82 Å². The lowest BCUT2D eigenvalue weighted by Crippen LogP contribution is -2.24. The second-order valence-corrected chi connectivity index (χ2v) is 4.65. The zero-order valence-corrected chi connectivity index (χ0v) is 11.8. The summed E-state index contributed by atoms with van der Waals surface area (Å²) in [7, 11) is 0. The molecule has 0 unspecified atom stereocenters. The second-order valence-electron chi connectivity index (χ2n) is 4.65. The van der Waals surface area contributed by atoms with Gasteiger partial charge in [-0.25, -0.2) is 4.39 Å². The molecule has 0 radical (unpaired) electrons. The first kappa shape index (κ1) is 14.8. The van der Waals surface area contributed by atoms with Crippen molar-refractivity contribution in [2.75, 3.05) is 17.6 Å². The number of carbonyl (C=O) groups is 1. The van der Waals surface area contributed by atoms with Crippen molar-refractivity contribution in [1.29, 1.82) is 0 Å². The molecule has 0 aliphatic heterocycles. The normalized spacial score (nSPS) is 10.2. The summed E-state index contributed by atoms with van der Waals surface area (Å²) < 4.78 is 13.2. The van der Waals surface area contributed by atoms with Crippen LogP contribution in [0.2, 0.25) is 0 Å². The van der Waals surface area contributed by atoms with Crippen molar-refractivity contribution in [2.45, 2.75) is 13.5 Å². The predicted octanol–water partition coefficient (Wildman–Crippen LogP) is 2.77. The van der Waals surface area contributed by atoms with Crippen LogP contribution < -0.4 is 16.4 Å². The molecular formula is C16H18FN3O. The quantitative estimate of drug-likeness (QED) is 0.741. The van der Waals surface area contributed by atoms with Crippen molar-refractivity contribution in [3.05, 3.63) is 59.4 Å². The summed E-state index contributed by atoms with van der Waals surface area (Å²) in [6, 6.07) is 11.4. The Morgan fingerprint density at radius 2 is 2.05 bits per heavy atom. The predicted molar refractivity (Wildman–Crippen MR) is 82.6 cm³/mol. The number of nitrogens with two attached hydrogens (primary N) is 1. The van der Waals surface area contributed by atoms with Gasteiger partial charge in [0.25, 0.3) is 5.91 Å². The van der Waals surface area contributed by atoms with E-state index >= 15 is 0 Å². The molecule has 110 valence electrons. The van der Waals surface area contributed by atoms with Crippen LogP contribution in [0.25, 0.3) is 0 Å². The van der Waals surface area contributed by atoms with E-state index in [1.54, 1.807) is 24.3 Å². The van der Waals surface area contributed by atoms with Crippen molar-refractivity contribution >= 4 is 17.3 Å². The maximum atomic E-state index is 13.2. The molecule has 2 rings (SSSR count). The maximum absolute atomic E-state index is 13.2. The van der Waals surface area contributed by atoms with Gasteiger partial charge in [0, 0.05) is 24.5 Å². The molecule has 5 heteroatoms. The van der Waals surface area contributed by atoms with Crippen LogP contribution in [0.3, 0.4) is 0 Å². The topological polar surface area (TPSA) is 67.2 Å². The van der Waals surface area contributed by atoms with Gasteiger partial charge in [0.2, 0.25) is 0 Å². The molecule has 0 heterocycles. The minimum Gasteiger partial charge on any atom is -0.399 e. The number of carbonyl (C=O) groups excluding carboxylic acids is 1. The third-order valence-electron chi connectivity index (χ3n) is 3.00. The molecule has 0 bridgehead atoms. The van der Waals surface area contributed by atoms with Gasteiger partial charge in [-0.2, -0.15) is 0 Å². The van der Waals surface area contributed by atoms with Crippen molar-refractivity contribution < 1.29 is 9.18 Å². The number of hydrogen-bond donors (Lipinski definition) is 3. The number of anilines is 2. The number of benzene rings is 2. The molecule has 4 N–H and O–H groups in total. The highest BCUT2D eigenvalue weighted by molar-refractivity contribution is 6.00. The molecule has 2 aromatic carbocycles. The van der Waals surface area contributed by atoms with Crippen LogP contribution in [-0.2, 0) is 6.54 Å². The van der Waals surface area contributed by atoms with E-state index in [4.69, 9.17) is 5.73 Å². The van der Waals surface area contributed by atoms with Crippen LogP contribution in [-0.4, -0.2) is 12.5 Å². The summed E-state index contributed by atoms with van der Waals surface area (Å²) in [5, 5.41) is 5.88. The third kappa shape index (κ3) is 3.95. The summed E-state index contributed by atoms with van der Waals surface area (Å²) in [5.74, 6) is -0.454. The Morgan fingerprint density at radius 3 is 2.76 bits per heavy atom. The van der Waals surface area contributed by atoms with Gasteiger partial charge >= 0.3 is 0 Å². The molecule has 2 aromatic rings. The Kier molecular flexibility index (Phi) is 4.77. The molecule has 1 amide bonds. The number of amides is 1. The molecule has 0 saturated heterocycles. The van der Waals surface area contributed by atoms with E-state index in [0.717, 1.165) is 5.56 Å². The van der Waals surface area contributed by atoms with E-state index < -0.39 is 0 Å². The van der Waals surface area contributed by atoms with Gasteiger partial charge in [0.15, 0.2) is 0 Å². The average molecular weight is 287 g/mol. The van der Waals surface area contributed by atoms with E-state index in [2.05, 4.69) is 10.6 Å². The van der Waals surface area contributed by atoms with E-state index in [9.17, 15) is 9.18 Å². The molecule has 4 nitrogen and oxygen atoms in total. The molecule has 0 atom stereocenters. The van der Waals surface area contributed by atoms with Crippen LogP contribution in [0.5, 0.6) is 0 Å². The molecule has 0 aromatic heterocycles. The largest absolute Gasteiger partial charge is 0.399 e. The highest BCUT2D eigenvalue weighted by atomic mass is 19.1. The molecule has 0 aliphatic rings. The van der Waals surface area contributed by atoms with E-state index in [-0.39, 0.29) is 11.7 Å². The Balaban J connectivity index is 2.18. The number of halogens is 1. The third-order valence-corrected chi connectivity index (χ3v) is 3.00. The summed E-state index contributed by atoms with van der Waals surface area (Å²) >= 11 is 0. The molecular weight excluding hydrogens is 269 g/mol. The molecule has 0 aliphatic carbocycles. The fraction of sp³-hybridized carbons (Fsp3) is 0.188. The highest BCUT2D eigenvalue weighted by Crippen LogP contribution is 2.20. The average Bonchev–Trinajstić information content (AvgIpc) is 2.45. The standard InChI is InChI=1S/C16H18FN3O/c1-2-19-16(21)14-7-6-13(18)9-15(14)20-10-11-4-3-5-12(17)8-11/h3-9,20H,2,10,18H2,1H3,(H,19,21). The van der Waals surface area contributed by atoms with Crippen LogP contribution >= 0.6 is 0 Å². The minimum atomic E-state index is -0.286. The second kappa shape index (κ2) is 6.74. The number of hydrogen-bond acceptors (Lipinski definition) is 3. The van der Waals surface area contributed by atoms with Gasteiger partial charge in [-0.1, -0.05) is 12.1 Å². The van der Waals surface area contributed by atoms with Crippen molar-refractivity contribution in [1.82, 2.24) is 5.32 Å². The first-order chi connectivity index (χ1) is 10.1. The lowest BCUT2D eigenvalue weighted by molar-refractivity contribution is 0.0956. The fourth-order valence-corrected chi connectivity index (χ4v) is 2.01.